The number of hydrogen-bond acceptors (Lipinski definition) is 3. The number of fused-ring (bicyclic) bond motifs is 1. The fourth-order valence-electron chi connectivity index (χ4n) is 2.87. The van der Waals surface area contributed by atoms with Crippen molar-refractivity contribution in [2.45, 2.75) is 12.2 Å². The summed E-state index contributed by atoms with van der Waals surface area (Å²) >= 11 is 0. The van der Waals surface area contributed by atoms with Gasteiger partial charge in [0.15, 0.2) is 0 Å². The molecule has 2 atom stereocenters. The van der Waals surface area contributed by atoms with Crippen molar-refractivity contribution in [1.82, 2.24) is 4.98 Å². The van der Waals surface area contributed by atoms with Gasteiger partial charge in [0, 0.05) is 6.20 Å². The quantitative estimate of drug-likeness (QED) is 0.837. The zero-order chi connectivity index (χ0) is 14.1. The second kappa shape index (κ2) is 5.02. The van der Waals surface area contributed by atoms with Crippen LogP contribution >= 0.6 is 0 Å². The summed E-state index contributed by atoms with van der Waals surface area (Å²) in [5.74, 6) is 0.954. The molecule has 2 aromatic rings. The predicted octanol–water partition coefficient (Wildman–Crippen LogP) is 3.54. The Morgan fingerprint density at radius 1 is 0.905 bits per heavy atom. The van der Waals surface area contributed by atoms with Gasteiger partial charge in [-0.3, -0.25) is 4.99 Å². The number of allylic oxidation sites excluding steroid dienone is 2. The van der Waals surface area contributed by atoms with Gasteiger partial charge < -0.3 is 4.90 Å². The van der Waals surface area contributed by atoms with E-state index in [1.54, 1.807) is 0 Å². The molecule has 0 spiro atoms. The molecule has 2 heterocycles. The minimum Gasteiger partial charge on any atom is -0.318 e. The van der Waals surface area contributed by atoms with Crippen molar-refractivity contribution < 1.29 is 0 Å². The Morgan fingerprint density at radius 3 is 2.57 bits per heavy atom. The van der Waals surface area contributed by atoms with Gasteiger partial charge in [0.25, 0.3) is 0 Å². The van der Waals surface area contributed by atoms with E-state index in [4.69, 9.17) is 4.99 Å². The van der Waals surface area contributed by atoms with Crippen LogP contribution in [0.25, 0.3) is 0 Å². The zero-order valence-corrected chi connectivity index (χ0v) is 11.5. The Hall–Kier alpha value is -2.68. The highest BCUT2D eigenvalue weighted by Gasteiger charge is 2.35. The van der Waals surface area contributed by atoms with Crippen LogP contribution in [-0.2, 0) is 0 Å². The maximum absolute atomic E-state index is 4.90. The first-order valence-corrected chi connectivity index (χ1v) is 7.10. The van der Waals surface area contributed by atoms with E-state index in [1.807, 2.05) is 36.5 Å². The van der Waals surface area contributed by atoms with E-state index in [2.05, 4.69) is 52.4 Å². The van der Waals surface area contributed by atoms with Gasteiger partial charge in [0.2, 0.25) is 0 Å². The van der Waals surface area contributed by atoms with Crippen molar-refractivity contribution in [1.29, 1.82) is 0 Å². The Kier molecular flexibility index (Phi) is 2.89. The topological polar surface area (TPSA) is 28.5 Å². The lowest BCUT2D eigenvalue weighted by Crippen LogP contribution is -2.36. The van der Waals surface area contributed by atoms with E-state index in [0.717, 1.165) is 11.5 Å². The van der Waals surface area contributed by atoms with E-state index in [9.17, 15) is 0 Å². The summed E-state index contributed by atoms with van der Waals surface area (Å²) in [6.07, 6.45) is 10.2. The van der Waals surface area contributed by atoms with Gasteiger partial charge in [-0.05, 0) is 23.8 Å². The fourth-order valence-corrected chi connectivity index (χ4v) is 2.87. The third-order valence-electron chi connectivity index (χ3n) is 3.82. The molecule has 2 aliphatic rings. The first-order valence-electron chi connectivity index (χ1n) is 7.10. The van der Waals surface area contributed by atoms with Crippen molar-refractivity contribution in [2.75, 3.05) is 4.90 Å². The lowest BCUT2D eigenvalue weighted by atomic mass is 10.1. The number of benzene rings is 1. The summed E-state index contributed by atoms with van der Waals surface area (Å²) in [7, 11) is 0. The molecule has 2 unspecified atom stereocenters. The average Bonchev–Trinajstić information content (AvgIpc) is 2.96. The number of aromatic nitrogens is 1. The maximum Gasteiger partial charge on any atom is 0.149 e. The highest BCUT2D eigenvalue weighted by atomic mass is 15.3. The van der Waals surface area contributed by atoms with E-state index < -0.39 is 0 Å². The molecule has 3 nitrogen and oxygen atoms in total. The monoisotopic (exact) mass is 273 g/mol. The van der Waals surface area contributed by atoms with Gasteiger partial charge >= 0.3 is 0 Å². The molecule has 1 aromatic carbocycles. The van der Waals surface area contributed by atoms with Crippen LogP contribution in [0.15, 0.2) is 84.0 Å². The molecule has 1 aliphatic carbocycles. The molecule has 3 heteroatoms. The maximum atomic E-state index is 4.90. The molecule has 0 N–H and O–H groups in total. The van der Waals surface area contributed by atoms with Gasteiger partial charge in [0.1, 0.15) is 12.0 Å². The van der Waals surface area contributed by atoms with Crippen molar-refractivity contribution in [3.63, 3.8) is 0 Å². The van der Waals surface area contributed by atoms with Gasteiger partial charge in [0.05, 0.1) is 11.8 Å². The number of anilines is 1. The molecule has 0 saturated heterocycles. The third kappa shape index (κ3) is 2.07. The van der Waals surface area contributed by atoms with Crippen molar-refractivity contribution in [3.05, 3.63) is 84.6 Å². The van der Waals surface area contributed by atoms with E-state index >= 15 is 0 Å². The van der Waals surface area contributed by atoms with Crippen molar-refractivity contribution in [2.24, 2.45) is 4.99 Å². The summed E-state index contributed by atoms with van der Waals surface area (Å²) in [5, 5.41) is 0. The van der Waals surface area contributed by atoms with Crippen LogP contribution in [-0.4, -0.2) is 16.7 Å². The first kappa shape index (κ1) is 12.1. The van der Waals surface area contributed by atoms with Crippen molar-refractivity contribution in [3.8, 4) is 0 Å². The van der Waals surface area contributed by atoms with Crippen LogP contribution in [0.1, 0.15) is 11.7 Å². The second-order valence-corrected chi connectivity index (χ2v) is 5.12. The third-order valence-corrected chi connectivity index (χ3v) is 3.82. The number of pyridine rings is 1. The molecule has 0 amide bonds. The van der Waals surface area contributed by atoms with Gasteiger partial charge in [-0.25, -0.2) is 4.98 Å². The minimum absolute atomic E-state index is 0.0199. The predicted molar refractivity (Wildman–Crippen MR) is 85.4 cm³/mol. The number of hydrogen-bond donors (Lipinski definition) is 0. The molecule has 0 radical (unpaired) electrons. The molecule has 21 heavy (non-hydrogen) atoms. The van der Waals surface area contributed by atoms with Crippen LogP contribution in [0.5, 0.6) is 0 Å². The lowest BCUT2D eigenvalue weighted by Gasteiger charge is -2.29. The molecule has 0 saturated carbocycles. The summed E-state index contributed by atoms with van der Waals surface area (Å²) in [4.78, 5) is 11.7. The van der Waals surface area contributed by atoms with Crippen LogP contribution in [0.3, 0.4) is 0 Å². The van der Waals surface area contributed by atoms with Crippen LogP contribution < -0.4 is 4.90 Å². The number of aliphatic imine (C=N–C) groups is 1. The largest absolute Gasteiger partial charge is 0.318 e. The van der Waals surface area contributed by atoms with Crippen LogP contribution in [0.4, 0.5) is 5.82 Å². The molecule has 0 bridgehead atoms. The molecule has 1 aliphatic heterocycles. The number of rotatable bonds is 2. The molecule has 4 rings (SSSR count). The highest BCUT2D eigenvalue weighted by Crippen LogP contribution is 2.36. The minimum atomic E-state index is -0.0199. The standard InChI is InChI=1S/C18H15N3/c1-2-8-14(9-3-1)18-20-15-10-4-5-11-16(15)21(18)17-12-6-7-13-19-17/h1-13,16,18H. The van der Waals surface area contributed by atoms with Crippen LogP contribution in [0, 0.1) is 0 Å². The van der Waals surface area contributed by atoms with Crippen molar-refractivity contribution >= 4 is 11.5 Å². The molecular weight excluding hydrogens is 258 g/mol. The second-order valence-electron chi connectivity index (χ2n) is 5.12. The first-order chi connectivity index (χ1) is 10.4. The highest BCUT2D eigenvalue weighted by molar-refractivity contribution is 6.05. The van der Waals surface area contributed by atoms with Gasteiger partial charge in [-0.15, -0.1) is 0 Å². The SMILES string of the molecule is C1=CC2=NC(c3ccccc3)N(c3ccccn3)C2C=C1. The fraction of sp³-hybridized carbons (Fsp3) is 0.111. The summed E-state index contributed by atoms with van der Waals surface area (Å²) in [6.45, 7) is 0. The Morgan fingerprint density at radius 2 is 1.76 bits per heavy atom. The molecule has 102 valence electrons. The van der Waals surface area contributed by atoms with Gasteiger partial charge in [-0.2, -0.15) is 0 Å². The summed E-state index contributed by atoms with van der Waals surface area (Å²) < 4.78 is 0. The molecular formula is C18H15N3. The lowest BCUT2D eigenvalue weighted by molar-refractivity contribution is 0.686. The normalized spacial score (nSPS) is 23.0. The van der Waals surface area contributed by atoms with E-state index in [-0.39, 0.29) is 12.2 Å². The number of nitrogens with zero attached hydrogens (tertiary/aromatic N) is 3. The Balaban J connectivity index is 1.82. The zero-order valence-electron chi connectivity index (χ0n) is 11.5. The summed E-state index contributed by atoms with van der Waals surface area (Å²) in [5.41, 5.74) is 2.28. The Bertz CT molecular complexity index is 717. The Labute approximate surface area is 124 Å². The van der Waals surface area contributed by atoms with E-state index in [1.165, 1.54) is 5.56 Å². The van der Waals surface area contributed by atoms with E-state index in [0.29, 0.717) is 0 Å². The average molecular weight is 273 g/mol. The molecule has 0 fully saturated rings. The van der Waals surface area contributed by atoms with Gasteiger partial charge in [-0.1, -0.05) is 54.6 Å². The summed E-state index contributed by atoms with van der Waals surface area (Å²) in [6, 6.07) is 16.5. The van der Waals surface area contributed by atoms with Crippen LogP contribution in [0.2, 0.25) is 0 Å². The smallest absolute Gasteiger partial charge is 0.149 e. The molecule has 1 aromatic heterocycles.